The molecule has 2 rings (SSSR count). The average Bonchev–Trinajstić information content (AvgIpc) is 3.00. The SMILES string of the molecule is COC(=O)c1sccc1NC(=O)CCc1ccc(C#N)cc1. The van der Waals surface area contributed by atoms with Crippen molar-refractivity contribution in [3.63, 3.8) is 0 Å². The topological polar surface area (TPSA) is 79.2 Å². The van der Waals surface area contributed by atoms with E-state index in [0.29, 0.717) is 29.0 Å². The van der Waals surface area contributed by atoms with Gasteiger partial charge >= 0.3 is 5.97 Å². The lowest BCUT2D eigenvalue weighted by Gasteiger charge is -2.06. The highest BCUT2D eigenvalue weighted by Gasteiger charge is 2.15. The number of benzene rings is 1. The molecule has 1 aromatic heterocycles. The molecule has 0 radical (unpaired) electrons. The van der Waals surface area contributed by atoms with Crippen LogP contribution in [0.25, 0.3) is 0 Å². The molecule has 22 heavy (non-hydrogen) atoms. The third kappa shape index (κ3) is 3.93. The molecular weight excluding hydrogens is 300 g/mol. The number of carbonyl (C=O) groups is 2. The predicted octanol–water partition coefficient (Wildman–Crippen LogP) is 2.98. The number of anilines is 1. The number of methoxy groups -OCH3 is 1. The Hall–Kier alpha value is -2.65. The van der Waals surface area contributed by atoms with Crippen LogP contribution in [0.2, 0.25) is 0 Å². The molecule has 0 fully saturated rings. The maximum Gasteiger partial charge on any atom is 0.350 e. The quantitative estimate of drug-likeness (QED) is 0.860. The average molecular weight is 314 g/mol. The molecule has 0 saturated carbocycles. The van der Waals surface area contributed by atoms with E-state index in [9.17, 15) is 9.59 Å². The number of ether oxygens (including phenoxy) is 1. The van der Waals surface area contributed by atoms with Gasteiger partial charge in [-0.1, -0.05) is 12.1 Å². The van der Waals surface area contributed by atoms with Crippen molar-refractivity contribution >= 4 is 28.9 Å². The highest BCUT2D eigenvalue weighted by molar-refractivity contribution is 7.12. The Morgan fingerprint density at radius 2 is 2.00 bits per heavy atom. The van der Waals surface area contributed by atoms with Gasteiger partial charge in [0.1, 0.15) is 4.88 Å². The molecule has 1 amide bonds. The summed E-state index contributed by atoms with van der Waals surface area (Å²) in [5, 5.41) is 13.2. The number of hydrogen-bond acceptors (Lipinski definition) is 5. The zero-order chi connectivity index (χ0) is 15.9. The molecule has 0 aliphatic carbocycles. The van der Waals surface area contributed by atoms with Crippen molar-refractivity contribution in [3.8, 4) is 6.07 Å². The smallest absolute Gasteiger partial charge is 0.350 e. The van der Waals surface area contributed by atoms with Gasteiger partial charge < -0.3 is 10.1 Å². The monoisotopic (exact) mass is 314 g/mol. The number of thiophene rings is 1. The van der Waals surface area contributed by atoms with Gasteiger partial charge in [0.25, 0.3) is 0 Å². The molecule has 0 unspecified atom stereocenters. The summed E-state index contributed by atoms with van der Waals surface area (Å²) in [5.74, 6) is -0.634. The highest BCUT2D eigenvalue weighted by Crippen LogP contribution is 2.23. The Bertz CT molecular complexity index is 714. The van der Waals surface area contributed by atoms with E-state index in [2.05, 4.69) is 10.1 Å². The first kappa shape index (κ1) is 15.7. The van der Waals surface area contributed by atoms with Crippen molar-refractivity contribution in [1.29, 1.82) is 5.26 Å². The highest BCUT2D eigenvalue weighted by atomic mass is 32.1. The first-order valence-electron chi connectivity index (χ1n) is 6.58. The van der Waals surface area contributed by atoms with Gasteiger partial charge in [0.15, 0.2) is 0 Å². The molecule has 2 aromatic rings. The fourth-order valence-corrected chi connectivity index (χ4v) is 2.64. The minimum Gasteiger partial charge on any atom is -0.465 e. The van der Waals surface area contributed by atoms with E-state index in [1.807, 2.05) is 18.2 Å². The van der Waals surface area contributed by atoms with Crippen molar-refractivity contribution in [3.05, 3.63) is 51.7 Å². The molecule has 112 valence electrons. The normalized spacial score (nSPS) is 9.82. The Kier molecular flexibility index (Phi) is 5.28. The second kappa shape index (κ2) is 7.38. The van der Waals surface area contributed by atoms with Gasteiger partial charge in [0, 0.05) is 6.42 Å². The van der Waals surface area contributed by atoms with Gasteiger partial charge in [0.2, 0.25) is 5.91 Å². The van der Waals surface area contributed by atoms with Crippen LogP contribution >= 0.6 is 11.3 Å². The summed E-state index contributed by atoms with van der Waals surface area (Å²) in [7, 11) is 1.30. The van der Waals surface area contributed by atoms with E-state index < -0.39 is 5.97 Å². The minimum absolute atomic E-state index is 0.173. The second-order valence-electron chi connectivity index (χ2n) is 4.51. The second-order valence-corrected chi connectivity index (χ2v) is 5.43. The van der Waals surface area contributed by atoms with Crippen LogP contribution in [0.3, 0.4) is 0 Å². The van der Waals surface area contributed by atoms with Crippen LogP contribution in [0.15, 0.2) is 35.7 Å². The molecule has 1 N–H and O–H groups in total. The summed E-state index contributed by atoms with van der Waals surface area (Å²) in [6.07, 6.45) is 0.859. The summed E-state index contributed by atoms with van der Waals surface area (Å²) >= 11 is 1.22. The zero-order valence-electron chi connectivity index (χ0n) is 12.0. The minimum atomic E-state index is -0.461. The number of hydrogen-bond donors (Lipinski definition) is 1. The molecule has 0 saturated heterocycles. The van der Waals surface area contributed by atoms with Crippen molar-refractivity contribution < 1.29 is 14.3 Å². The predicted molar refractivity (Wildman–Crippen MR) is 83.8 cm³/mol. The number of amides is 1. The number of rotatable bonds is 5. The Balaban J connectivity index is 1.92. The number of nitriles is 1. The third-order valence-corrected chi connectivity index (χ3v) is 3.93. The molecule has 0 spiro atoms. The maximum absolute atomic E-state index is 12.0. The standard InChI is InChI=1S/C16H14N2O3S/c1-21-16(20)15-13(8-9-22-15)18-14(19)7-6-11-2-4-12(10-17)5-3-11/h2-5,8-9H,6-7H2,1H3,(H,18,19). The van der Waals surface area contributed by atoms with Gasteiger partial charge in [-0.2, -0.15) is 5.26 Å². The van der Waals surface area contributed by atoms with Gasteiger partial charge in [-0.15, -0.1) is 11.3 Å². The zero-order valence-corrected chi connectivity index (χ0v) is 12.8. The lowest BCUT2D eigenvalue weighted by Crippen LogP contribution is -2.14. The lowest BCUT2D eigenvalue weighted by atomic mass is 10.1. The van der Waals surface area contributed by atoms with Crippen molar-refractivity contribution in [2.75, 3.05) is 12.4 Å². The largest absolute Gasteiger partial charge is 0.465 e. The van der Waals surface area contributed by atoms with E-state index in [-0.39, 0.29) is 5.91 Å². The van der Waals surface area contributed by atoms with Crippen molar-refractivity contribution in [2.24, 2.45) is 0 Å². The van der Waals surface area contributed by atoms with E-state index in [0.717, 1.165) is 5.56 Å². The van der Waals surface area contributed by atoms with Crippen LogP contribution in [0.4, 0.5) is 5.69 Å². The molecule has 1 aromatic carbocycles. The number of aryl methyl sites for hydroxylation is 1. The Morgan fingerprint density at radius 3 is 2.64 bits per heavy atom. The van der Waals surface area contributed by atoms with Crippen LogP contribution in [0.5, 0.6) is 0 Å². The van der Waals surface area contributed by atoms with Gasteiger partial charge in [-0.05, 0) is 35.6 Å². The van der Waals surface area contributed by atoms with Gasteiger partial charge in [0.05, 0.1) is 24.4 Å². The number of nitrogens with zero attached hydrogens (tertiary/aromatic N) is 1. The van der Waals surface area contributed by atoms with E-state index in [1.54, 1.807) is 23.6 Å². The summed E-state index contributed by atoms with van der Waals surface area (Å²) in [5.41, 5.74) is 2.04. The van der Waals surface area contributed by atoms with Gasteiger partial charge in [-0.3, -0.25) is 4.79 Å². The fraction of sp³-hybridized carbons (Fsp3) is 0.188. The number of esters is 1. The molecular formula is C16H14N2O3S. The molecule has 1 heterocycles. The summed E-state index contributed by atoms with van der Waals surface area (Å²) in [6, 6.07) is 10.8. The maximum atomic E-state index is 12.0. The van der Waals surface area contributed by atoms with Crippen LogP contribution in [0.1, 0.15) is 27.2 Å². The van der Waals surface area contributed by atoms with E-state index in [4.69, 9.17) is 5.26 Å². The van der Waals surface area contributed by atoms with Gasteiger partial charge in [-0.25, -0.2) is 4.79 Å². The lowest BCUT2D eigenvalue weighted by molar-refractivity contribution is -0.116. The molecule has 0 bridgehead atoms. The Morgan fingerprint density at radius 1 is 1.27 bits per heavy atom. The molecule has 0 aliphatic rings. The summed E-state index contributed by atoms with van der Waals surface area (Å²) < 4.78 is 4.66. The molecule has 0 atom stereocenters. The summed E-state index contributed by atoms with van der Waals surface area (Å²) in [6.45, 7) is 0. The number of nitrogens with one attached hydrogen (secondary N) is 1. The third-order valence-electron chi connectivity index (χ3n) is 3.03. The summed E-state index contributed by atoms with van der Waals surface area (Å²) in [4.78, 5) is 23.9. The molecule has 0 aliphatic heterocycles. The van der Waals surface area contributed by atoms with Crippen LogP contribution < -0.4 is 5.32 Å². The Labute approximate surface area is 132 Å². The first-order chi connectivity index (χ1) is 10.6. The van der Waals surface area contributed by atoms with E-state index >= 15 is 0 Å². The molecule has 6 heteroatoms. The first-order valence-corrected chi connectivity index (χ1v) is 7.46. The fourth-order valence-electron chi connectivity index (χ4n) is 1.87. The van der Waals surface area contributed by atoms with Crippen LogP contribution in [0, 0.1) is 11.3 Å². The van der Waals surface area contributed by atoms with Crippen molar-refractivity contribution in [2.45, 2.75) is 12.8 Å². The molecule has 5 nitrogen and oxygen atoms in total. The van der Waals surface area contributed by atoms with E-state index in [1.165, 1.54) is 18.4 Å². The van der Waals surface area contributed by atoms with Crippen LogP contribution in [-0.4, -0.2) is 19.0 Å². The van der Waals surface area contributed by atoms with Crippen molar-refractivity contribution in [1.82, 2.24) is 0 Å². The van der Waals surface area contributed by atoms with Crippen LogP contribution in [-0.2, 0) is 16.0 Å². The number of carbonyl (C=O) groups excluding carboxylic acids is 2.